The standard InChI is InChI=1S/C14H16N2O3/c17-11-3-8(4-11)7-15-14(19)10-2-1-9-6-13(18)16-12(9)5-10/h1-2,5,8,11,17H,3-4,6-7H2,(H,15,19)(H,16,18). The molecule has 1 aliphatic heterocycles. The normalized spacial score (nSPS) is 24.4. The summed E-state index contributed by atoms with van der Waals surface area (Å²) < 4.78 is 0. The van der Waals surface area contributed by atoms with Crippen molar-refractivity contribution >= 4 is 17.5 Å². The Labute approximate surface area is 111 Å². The Kier molecular flexibility index (Phi) is 2.98. The van der Waals surface area contributed by atoms with Gasteiger partial charge in [0.25, 0.3) is 5.91 Å². The number of rotatable bonds is 3. The average Bonchev–Trinajstić information content (AvgIpc) is 2.71. The minimum Gasteiger partial charge on any atom is -0.393 e. The Morgan fingerprint density at radius 2 is 2.21 bits per heavy atom. The van der Waals surface area contributed by atoms with Crippen molar-refractivity contribution in [3.05, 3.63) is 29.3 Å². The molecule has 1 aromatic carbocycles. The largest absolute Gasteiger partial charge is 0.393 e. The van der Waals surface area contributed by atoms with E-state index in [1.54, 1.807) is 12.1 Å². The van der Waals surface area contributed by atoms with Crippen LogP contribution in [-0.2, 0) is 11.2 Å². The number of fused-ring (bicyclic) bond motifs is 1. The van der Waals surface area contributed by atoms with E-state index in [0.717, 1.165) is 24.1 Å². The molecule has 0 unspecified atom stereocenters. The van der Waals surface area contributed by atoms with Crippen molar-refractivity contribution in [2.24, 2.45) is 5.92 Å². The van der Waals surface area contributed by atoms with Crippen LogP contribution in [0.15, 0.2) is 18.2 Å². The molecule has 2 amide bonds. The summed E-state index contributed by atoms with van der Waals surface area (Å²) in [6, 6.07) is 5.27. The summed E-state index contributed by atoms with van der Waals surface area (Å²) in [4.78, 5) is 23.2. The van der Waals surface area contributed by atoms with Gasteiger partial charge in [-0.05, 0) is 36.5 Å². The Balaban J connectivity index is 1.61. The van der Waals surface area contributed by atoms with Gasteiger partial charge in [-0.1, -0.05) is 6.07 Å². The van der Waals surface area contributed by atoms with Crippen molar-refractivity contribution in [3.63, 3.8) is 0 Å². The second kappa shape index (κ2) is 4.66. The van der Waals surface area contributed by atoms with Gasteiger partial charge >= 0.3 is 0 Å². The van der Waals surface area contributed by atoms with Crippen LogP contribution < -0.4 is 10.6 Å². The lowest BCUT2D eigenvalue weighted by atomic mass is 9.82. The highest BCUT2D eigenvalue weighted by atomic mass is 16.3. The predicted octanol–water partition coefficient (Wildman–Crippen LogP) is 0.682. The first-order valence-corrected chi connectivity index (χ1v) is 6.51. The Morgan fingerprint density at radius 3 is 2.95 bits per heavy atom. The zero-order valence-electron chi connectivity index (χ0n) is 10.5. The maximum Gasteiger partial charge on any atom is 0.251 e. The molecule has 0 radical (unpaired) electrons. The lowest BCUT2D eigenvalue weighted by Gasteiger charge is -2.31. The molecule has 19 heavy (non-hydrogen) atoms. The molecule has 1 fully saturated rings. The lowest BCUT2D eigenvalue weighted by Crippen LogP contribution is -2.38. The van der Waals surface area contributed by atoms with Crippen LogP contribution in [-0.4, -0.2) is 29.6 Å². The van der Waals surface area contributed by atoms with Crippen molar-refractivity contribution < 1.29 is 14.7 Å². The summed E-state index contributed by atoms with van der Waals surface area (Å²) >= 11 is 0. The third-order valence-corrected chi connectivity index (χ3v) is 3.76. The molecule has 0 aromatic heterocycles. The number of aliphatic hydroxyl groups excluding tert-OH is 1. The molecule has 5 heteroatoms. The monoisotopic (exact) mass is 260 g/mol. The Bertz CT molecular complexity index is 535. The molecule has 1 aromatic rings. The van der Waals surface area contributed by atoms with E-state index >= 15 is 0 Å². The van der Waals surface area contributed by atoms with Gasteiger partial charge in [0, 0.05) is 17.8 Å². The number of amides is 2. The van der Waals surface area contributed by atoms with Gasteiger partial charge in [0.1, 0.15) is 0 Å². The van der Waals surface area contributed by atoms with E-state index in [0.29, 0.717) is 24.4 Å². The molecular weight excluding hydrogens is 244 g/mol. The predicted molar refractivity (Wildman–Crippen MR) is 69.8 cm³/mol. The van der Waals surface area contributed by atoms with Gasteiger partial charge in [0.15, 0.2) is 0 Å². The molecule has 0 atom stereocenters. The number of hydrogen-bond donors (Lipinski definition) is 3. The number of nitrogens with one attached hydrogen (secondary N) is 2. The van der Waals surface area contributed by atoms with Crippen molar-refractivity contribution in [2.45, 2.75) is 25.4 Å². The van der Waals surface area contributed by atoms with E-state index in [1.807, 2.05) is 6.07 Å². The average molecular weight is 260 g/mol. The second-order valence-electron chi connectivity index (χ2n) is 5.30. The first-order chi connectivity index (χ1) is 9.11. The summed E-state index contributed by atoms with van der Waals surface area (Å²) in [5.74, 6) is 0.217. The van der Waals surface area contributed by atoms with E-state index < -0.39 is 0 Å². The minimum atomic E-state index is -0.197. The molecule has 2 aliphatic rings. The summed E-state index contributed by atoms with van der Waals surface area (Å²) in [7, 11) is 0. The molecule has 0 spiro atoms. The molecular formula is C14H16N2O3. The van der Waals surface area contributed by atoms with Crippen LogP contribution in [0.5, 0.6) is 0 Å². The van der Waals surface area contributed by atoms with Crippen molar-refractivity contribution in [2.75, 3.05) is 11.9 Å². The van der Waals surface area contributed by atoms with Crippen molar-refractivity contribution in [3.8, 4) is 0 Å². The quantitative estimate of drug-likeness (QED) is 0.748. The van der Waals surface area contributed by atoms with Gasteiger partial charge in [0.2, 0.25) is 5.91 Å². The topological polar surface area (TPSA) is 78.4 Å². The van der Waals surface area contributed by atoms with Gasteiger partial charge in [-0.3, -0.25) is 9.59 Å². The lowest BCUT2D eigenvalue weighted by molar-refractivity contribution is -0.115. The minimum absolute atomic E-state index is 0.0315. The first kappa shape index (κ1) is 12.2. The Hall–Kier alpha value is -1.88. The van der Waals surface area contributed by atoms with Crippen molar-refractivity contribution in [1.82, 2.24) is 5.32 Å². The maximum absolute atomic E-state index is 12.0. The van der Waals surface area contributed by atoms with Gasteiger partial charge in [-0.2, -0.15) is 0 Å². The van der Waals surface area contributed by atoms with E-state index in [2.05, 4.69) is 10.6 Å². The molecule has 5 nitrogen and oxygen atoms in total. The van der Waals surface area contributed by atoms with Gasteiger partial charge in [-0.15, -0.1) is 0 Å². The van der Waals surface area contributed by atoms with Crippen molar-refractivity contribution in [1.29, 1.82) is 0 Å². The molecule has 3 N–H and O–H groups in total. The summed E-state index contributed by atoms with van der Waals surface area (Å²) in [5, 5.41) is 14.8. The van der Waals surface area contributed by atoms with Crippen LogP contribution in [0.2, 0.25) is 0 Å². The fourth-order valence-electron chi connectivity index (χ4n) is 2.56. The Morgan fingerprint density at radius 1 is 1.42 bits per heavy atom. The van der Waals surface area contributed by atoms with E-state index in [-0.39, 0.29) is 17.9 Å². The molecule has 3 rings (SSSR count). The maximum atomic E-state index is 12.0. The molecule has 1 heterocycles. The molecule has 0 bridgehead atoms. The molecule has 0 saturated heterocycles. The summed E-state index contributed by atoms with van der Waals surface area (Å²) in [6.45, 7) is 0.597. The van der Waals surface area contributed by atoms with Crippen LogP contribution in [0.1, 0.15) is 28.8 Å². The summed E-state index contributed by atoms with van der Waals surface area (Å²) in [5.41, 5.74) is 2.22. The highest BCUT2D eigenvalue weighted by Gasteiger charge is 2.27. The third kappa shape index (κ3) is 2.46. The van der Waals surface area contributed by atoms with Gasteiger partial charge in [0.05, 0.1) is 12.5 Å². The van der Waals surface area contributed by atoms with Crippen LogP contribution in [0.3, 0.4) is 0 Å². The molecule has 100 valence electrons. The first-order valence-electron chi connectivity index (χ1n) is 6.51. The number of carbonyl (C=O) groups excluding carboxylic acids is 2. The van der Waals surface area contributed by atoms with Crippen LogP contribution in [0.4, 0.5) is 5.69 Å². The zero-order valence-corrected chi connectivity index (χ0v) is 10.5. The smallest absolute Gasteiger partial charge is 0.251 e. The number of carbonyl (C=O) groups is 2. The van der Waals surface area contributed by atoms with Crippen LogP contribution in [0, 0.1) is 5.92 Å². The molecule has 1 saturated carbocycles. The fraction of sp³-hybridized carbons (Fsp3) is 0.429. The molecule has 1 aliphatic carbocycles. The second-order valence-corrected chi connectivity index (χ2v) is 5.30. The number of hydrogen-bond acceptors (Lipinski definition) is 3. The fourth-order valence-corrected chi connectivity index (χ4v) is 2.56. The van der Waals surface area contributed by atoms with E-state index in [1.165, 1.54) is 0 Å². The zero-order chi connectivity index (χ0) is 13.4. The van der Waals surface area contributed by atoms with E-state index in [4.69, 9.17) is 0 Å². The summed E-state index contributed by atoms with van der Waals surface area (Å²) in [6.07, 6.45) is 1.72. The van der Waals surface area contributed by atoms with Crippen LogP contribution >= 0.6 is 0 Å². The van der Waals surface area contributed by atoms with E-state index in [9.17, 15) is 14.7 Å². The number of anilines is 1. The van der Waals surface area contributed by atoms with Gasteiger partial charge < -0.3 is 15.7 Å². The van der Waals surface area contributed by atoms with Crippen LogP contribution in [0.25, 0.3) is 0 Å². The number of benzene rings is 1. The highest BCUT2D eigenvalue weighted by Crippen LogP contribution is 2.27. The number of aliphatic hydroxyl groups is 1. The third-order valence-electron chi connectivity index (χ3n) is 3.76. The van der Waals surface area contributed by atoms with Gasteiger partial charge in [-0.25, -0.2) is 0 Å². The SMILES string of the molecule is O=C1Cc2ccc(C(=O)NCC3CC(O)C3)cc2N1. The highest BCUT2D eigenvalue weighted by molar-refractivity contribution is 6.02.